The lowest BCUT2D eigenvalue weighted by atomic mass is 9.90. The molecule has 3 aromatic carbocycles. The monoisotopic (exact) mass is 826 g/mol. The molecular formula is C46H70N2O9S. The largest absolute Gasteiger partial charge is 0.493 e. The summed E-state index contributed by atoms with van der Waals surface area (Å²) >= 11 is 0. The molecule has 4 rings (SSSR count). The lowest BCUT2D eigenvalue weighted by Gasteiger charge is -2.18. The molecule has 0 aromatic heterocycles. The van der Waals surface area contributed by atoms with Crippen LogP contribution in [-0.4, -0.2) is 103 Å². The SMILES string of the molecule is C/C(=C(/c1ccc(OCC(C)CO)cc1)c1ccc(OCC(O)CO)cc1)c1ccccc1.C=CC(=O)NC(C)(C)C.CC(C)(C)N1CC1.CC(C)(C)OS(C)(=O)=O. The molecule has 0 spiro atoms. The first-order valence-electron chi connectivity index (χ1n) is 19.5. The molecule has 1 aliphatic rings. The van der Waals surface area contributed by atoms with Crippen molar-refractivity contribution in [2.45, 2.75) is 98.9 Å². The van der Waals surface area contributed by atoms with Gasteiger partial charge >= 0.3 is 0 Å². The quantitative estimate of drug-likeness (QED) is 0.0595. The zero-order chi connectivity index (χ0) is 44.3. The minimum atomic E-state index is -3.28. The standard InChI is InChI=1S/C28H32O5.C7H13NO.C6H13N.C5H12O3S/c1-20(16-29)18-32-26-12-8-23(9-13-26)28(21(2)22-6-4-3-5-7-22)24-10-14-27(15-11-24)33-19-25(31)17-30;1-5-6(9)8-7(2,3)4;1-6(2,3)7-4-5-7;1-5(2,3)8-9(4,6)7/h3-15,20,25,29-31H,16-19H2,1-2H3;5H,1H2,2-4H3,(H,8,9);4-5H2,1-3H3;1-4H3/b28-21+;;;. The van der Waals surface area contributed by atoms with Crippen molar-refractivity contribution in [3.8, 4) is 11.5 Å². The minimum Gasteiger partial charge on any atom is -0.493 e. The number of nitrogens with zero attached hydrogens (tertiary/aromatic N) is 1. The second-order valence-corrected chi connectivity index (χ2v) is 18.7. The highest BCUT2D eigenvalue weighted by atomic mass is 32.2. The number of amides is 1. The number of carbonyl (C=O) groups excluding carboxylic acids is 1. The topological polar surface area (TPSA) is 155 Å². The van der Waals surface area contributed by atoms with E-state index in [2.05, 4.69) is 60.8 Å². The molecule has 0 aliphatic carbocycles. The summed E-state index contributed by atoms with van der Waals surface area (Å²) in [6, 6.07) is 26.0. The number of ether oxygens (including phenoxy) is 2. The zero-order valence-electron chi connectivity index (χ0n) is 36.8. The van der Waals surface area contributed by atoms with E-state index in [1.165, 1.54) is 19.2 Å². The molecule has 324 valence electrons. The van der Waals surface area contributed by atoms with Crippen LogP contribution in [0.1, 0.15) is 92.9 Å². The van der Waals surface area contributed by atoms with Gasteiger partial charge in [-0.3, -0.25) is 13.9 Å². The number of aliphatic hydroxyl groups excluding tert-OH is 3. The number of nitrogens with one attached hydrogen (secondary N) is 1. The molecule has 11 nitrogen and oxygen atoms in total. The lowest BCUT2D eigenvalue weighted by molar-refractivity contribution is -0.117. The van der Waals surface area contributed by atoms with Gasteiger partial charge in [-0.15, -0.1) is 0 Å². The van der Waals surface area contributed by atoms with Gasteiger partial charge in [0.25, 0.3) is 10.1 Å². The van der Waals surface area contributed by atoms with Gasteiger partial charge in [0.15, 0.2) is 0 Å². The average Bonchev–Trinajstić information content (AvgIpc) is 4.00. The second-order valence-electron chi connectivity index (χ2n) is 17.2. The predicted octanol–water partition coefficient (Wildman–Crippen LogP) is 7.35. The summed E-state index contributed by atoms with van der Waals surface area (Å²) in [5.74, 6) is 1.36. The molecule has 0 bridgehead atoms. The van der Waals surface area contributed by atoms with Crippen LogP contribution < -0.4 is 14.8 Å². The van der Waals surface area contributed by atoms with Gasteiger partial charge in [-0.2, -0.15) is 8.42 Å². The molecule has 58 heavy (non-hydrogen) atoms. The highest BCUT2D eigenvalue weighted by molar-refractivity contribution is 7.86. The van der Waals surface area contributed by atoms with E-state index in [1.807, 2.05) is 94.4 Å². The van der Waals surface area contributed by atoms with Gasteiger partial charge in [-0.05, 0) is 127 Å². The molecule has 0 radical (unpaired) electrons. The van der Waals surface area contributed by atoms with E-state index in [4.69, 9.17) is 14.6 Å². The van der Waals surface area contributed by atoms with Crippen LogP contribution in [0, 0.1) is 5.92 Å². The lowest BCUT2D eigenvalue weighted by Crippen LogP contribution is -2.39. The summed E-state index contributed by atoms with van der Waals surface area (Å²) in [7, 11) is -3.28. The Labute approximate surface area is 348 Å². The summed E-state index contributed by atoms with van der Waals surface area (Å²) < 4.78 is 36.8. The number of aliphatic hydroxyl groups is 3. The number of hydrogen-bond acceptors (Lipinski definition) is 10. The Bertz CT molecular complexity index is 1730. The van der Waals surface area contributed by atoms with Crippen molar-refractivity contribution in [2.24, 2.45) is 5.92 Å². The molecule has 1 fully saturated rings. The predicted molar refractivity (Wildman–Crippen MR) is 236 cm³/mol. The fourth-order valence-electron chi connectivity index (χ4n) is 5.00. The molecule has 12 heteroatoms. The second kappa shape index (κ2) is 24.1. The highest BCUT2D eigenvalue weighted by Crippen LogP contribution is 2.34. The Morgan fingerprint density at radius 1 is 0.793 bits per heavy atom. The van der Waals surface area contributed by atoms with Crippen LogP contribution in [0.15, 0.2) is 91.5 Å². The summed E-state index contributed by atoms with van der Waals surface area (Å²) in [5, 5.41) is 30.4. The molecule has 1 saturated heterocycles. The van der Waals surface area contributed by atoms with Crippen molar-refractivity contribution >= 4 is 27.2 Å². The Morgan fingerprint density at radius 2 is 1.26 bits per heavy atom. The fourth-order valence-corrected chi connectivity index (χ4v) is 5.91. The van der Waals surface area contributed by atoms with E-state index in [9.17, 15) is 23.4 Å². The van der Waals surface area contributed by atoms with E-state index < -0.39 is 21.8 Å². The summed E-state index contributed by atoms with van der Waals surface area (Å²) in [4.78, 5) is 13.0. The zero-order valence-corrected chi connectivity index (χ0v) is 37.7. The Hall–Kier alpha value is -4.04. The van der Waals surface area contributed by atoms with E-state index in [1.54, 1.807) is 20.8 Å². The molecule has 1 heterocycles. The van der Waals surface area contributed by atoms with Crippen molar-refractivity contribution in [1.29, 1.82) is 0 Å². The van der Waals surface area contributed by atoms with Crippen LogP contribution in [0.25, 0.3) is 11.1 Å². The van der Waals surface area contributed by atoms with Crippen molar-refractivity contribution in [2.75, 3.05) is 45.8 Å². The first-order chi connectivity index (χ1) is 26.8. The van der Waals surface area contributed by atoms with Crippen LogP contribution in [-0.2, 0) is 19.1 Å². The van der Waals surface area contributed by atoms with Crippen molar-refractivity contribution in [3.05, 3.63) is 108 Å². The van der Waals surface area contributed by atoms with Gasteiger partial charge in [0.1, 0.15) is 24.2 Å². The molecular weight excluding hydrogens is 757 g/mol. The van der Waals surface area contributed by atoms with E-state index in [0.29, 0.717) is 17.9 Å². The molecule has 4 N–H and O–H groups in total. The van der Waals surface area contributed by atoms with Crippen LogP contribution in [0.4, 0.5) is 0 Å². The van der Waals surface area contributed by atoms with Gasteiger partial charge in [-0.25, -0.2) is 0 Å². The summed E-state index contributed by atoms with van der Waals surface area (Å²) in [5.41, 5.74) is 5.16. The first-order valence-corrected chi connectivity index (χ1v) is 21.3. The van der Waals surface area contributed by atoms with Crippen LogP contribution in [0.3, 0.4) is 0 Å². The van der Waals surface area contributed by atoms with Crippen LogP contribution in [0.2, 0.25) is 0 Å². The van der Waals surface area contributed by atoms with E-state index >= 15 is 0 Å². The van der Waals surface area contributed by atoms with Crippen molar-refractivity contribution in [1.82, 2.24) is 10.2 Å². The third kappa shape index (κ3) is 23.4. The van der Waals surface area contributed by atoms with Crippen molar-refractivity contribution < 1.29 is 42.2 Å². The highest BCUT2D eigenvalue weighted by Gasteiger charge is 2.29. The third-order valence-electron chi connectivity index (χ3n) is 7.85. The van der Waals surface area contributed by atoms with Gasteiger partial charge in [0.2, 0.25) is 5.91 Å². The number of carbonyl (C=O) groups is 1. The van der Waals surface area contributed by atoms with E-state index in [-0.39, 0.29) is 37.2 Å². The molecule has 2 atom stereocenters. The molecule has 1 amide bonds. The Balaban J connectivity index is 0.000000540. The Kier molecular flexibility index (Phi) is 21.6. The number of rotatable bonds is 13. The Morgan fingerprint density at radius 3 is 1.55 bits per heavy atom. The maximum absolute atomic E-state index is 10.6. The van der Waals surface area contributed by atoms with Gasteiger partial charge in [-0.1, -0.05) is 68.1 Å². The smallest absolute Gasteiger partial charge is 0.264 e. The first kappa shape index (κ1) is 52.0. The van der Waals surface area contributed by atoms with Gasteiger partial charge in [0.05, 0.1) is 25.1 Å². The minimum absolute atomic E-state index is 0.0396. The van der Waals surface area contributed by atoms with Crippen molar-refractivity contribution in [3.63, 3.8) is 0 Å². The normalized spacial score (nSPS) is 14.3. The maximum atomic E-state index is 10.6. The molecule has 2 unspecified atom stereocenters. The van der Waals surface area contributed by atoms with Gasteiger partial charge < -0.3 is 30.1 Å². The number of allylic oxidation sites excluding steroid dienone is 1. The summed E-state index contributed by atoms with van der Waals surface area (Å²) in [6.07, 6.45) is 1.41. The van der Waals surface area contributed by atoms with Crippen LogP contribution in [0.5, 0.6) is 11.5 Å². The molecule has 1 aliphatic heterocycles. The molecule has 3 aromatic rings. The number of hydrogen-bond donors (Lipinski definition) is 4. The fraction of sp³-hybridized carbons (Fsp3) is 0.500. The number of benzene rings is 3. The molecule has 0 saturated carbocycles. The summed E-state index contributed by atoms with van der Waals surface area (Å²) in [6.45, 7) is 27.9. The van der Waals surface area contributed by atoms with E-state index in [0.717, 1.165) is 39.8 Å². The van der Waals surface area contributed by atoms with Gasteiger partial charge in [0, 0.05) is 36.7 Å². The maximum Gasteiger partial charge on any atom is 0.264 e. The van der Waals surface area contributed by atoms with Crippen LogP contribution >= 0.6 is 0 Å². The average molecular weight is 827 g/mol. The third-order valence-corrected chi connectivity index (χ3v) is 8.65.